The van der Waals surface area contributed by atoms with Crippen LogP contribution in [0.25, 0.3) is 0 Å². The summed E-state index contributed by atoms with van der Waals surface area (Å²) in [6.07, 6.45) is 7.31. The predicted molar refractivity (Wildman–Crippen MR) is 154 cm³/mol. The molecule has 0 saturated heterocycles. The van der Waals surface area contributed by atoms with E-state index in [1.807, 2.05) is 13.0 Å². The number of aliphatic hydroxyl groups is 1. The molecule has 1 aliphatic carbocycles. The molecule has 2 aliphatic rings. The number of rotatable bonds is 6. The van der Waals surface area contributed by atoms with E-state index < -0.39 is 47.9 Å². The first-order valence-corrected chi connectivity index (χ1v) is 13.6. The molecule has 0 spiro atoms. The van der Waals surface area contributed by atoms with Crippen molar-refractivity contribution in [1.29, 1.82) is 0 Å². The first-order valence-electron chi connectivity index (χ1n) is 13.6. The van der Waals surface area contributed by atoms with Gasteiger partial charge in [-0.2, -0.15) is 0 Å². The van der Waals surface area contributed by atoms with E-state index in [0.29, 0.717) is 18.4 Å². The van der Waals surface area contributed by atoms with E-state index >= 15 is 0 Å². The van der Waals surface area contributed by atoms with Gasteiger partial charge in [-0.3, -0.25) is 19.2 Å². The van der Waals surface area contributed by atoms with Crippen LogP contribution in [0, 0.1) is 5.92 Å². The Kier molecular flexibility index (Phi) is 13.1. The summed E-state index contributed by atoms with van der Waals surface area (Å²) >= 11 is 0. The van der Waals surface area contributed by atoms with Crippen molar-refractivity contribution in [2.45, 2.75) is 71.4 Å². The van der Waals surface area contributed by atoms with E-state index in [-0.39, 0.29) is 41.4 Å². The lowest BCUT2D eigenvalue weighted by Gasteiger charge is -2.28. The van der Waals surface area contributed by atoms with Crippen molar-refractivity contribution in [2.24, 2.45) is 5.92 Å². The first kappa shape index (κ1) is 33.6. The van der Waals surface area contributed by atoms with Gasteiger partial charge in [0.25, 0.3) is 5.91 Å². The van der Waals surface area contributed by atoms with Gasteiger partial charge in [0.05, 0.1) is 23.6 Å². The highest BCUT2D eigenvalue weighted by molar-refractivity contribution is 6.23. The van der Waals surface area contributed by atoms with Crippen LogP contribution in [0.15, 0.2) is 71.1 Å². The second kappa shape index (κ2) is 16.0. The SMILES string of the molecule is C=CCNC1=C2CCC[C@H](OC)[C@H](O)[C@@H](C)/C=C(\C)[C@H](OC(C)=O)[C@@H](OC)/C=C\C=C(/C)C(=O)NC(=CC1=O)C2=O. The third-order valence-electron chi connectivity index (χ3n) is 6.99. The number of methoxy groups -OCH3 is 2. The van der Waals surface area contributed by atoms with Gasteiger partial charge in [-0.05, 0) is 38.7 Å². The molecule has 2 rings (SSSR count). The van der Waals surface area contributed by atoms with Gasteiger partial charge in [0.15, 0.2) is 6.10 Å². The van der Waals surface area contributed by atoms with Crippen LogP contribution >= 0.6 is 0 Å². The molecular formula is C31H42N2O8. The lowest BCUT2D eigenvalue weighted by atomic mass is 9.89. The highest BCUT2D eigenvalue weighted by Crippen LogP contribution is 2.26. The number of esters is 1. The topological polar surface area (TPSA) is 140 Å². The van der Waals surface area contributed by atoms with Crippen LogP contribution in [-0.2, 0) is 33.4 Å². The van der Waals surface area contributed by atoms with Crippen LogP contribution < -0.4 is 10.6 Å². The minimum atomic E-state index is -0.914. The Balaban J connectivity index is 2.56. The molecule has 0 saturated carbocycles. The van der Waals surface area contributed by atoms with Crippen LogP contribution in [0.3, 0.4) is 0 Å². The third kappa shape index (κ3) is 9.21. The Morgan fingerprint density at radius 3 is 2.54 bits per heavy atom. The molecule has 0 radical (unpaired) electrons. The standard InChI is InChI=1S/C31H42N2O8/c1-8-15-32-27-22-12-10-13-25(39-6)28(36)19(3)16-20(4)30(41-21(5)34)26(40-7)14-9-11-18(2)31(38)33-23(29(22)37)17-24(27)35/h8-9,11,14,16-17,19,25-26,28,30,32,36H,1,10,12-13,15H2,2-7H3,(H,33,38)/b14-9-,18-11+,20-16+/t19-,25-,26-,28+,30-/m0/s1. The zero-order valence-corrected chi connectivity index (χ0v) is 24.7. The second-order valence-electron chi connectivity index (χ2n) is 10.1. The highest BCUT2D eigenvalue weighted by Gasteiger charge is 2.31. The van der Waals surface area contributed by atoms with Crippen molar-refractivity contribution < 1.29 is 38.5 Å². The molecule has 0 unspecified atom stereocenters. The van der Waals surface area contributed by atoms with Crippen molar-refractivity contribution in [2.75, 3.05) is 20.8 Å². The molecule has 0 aromatic heterocycles. The van der Waals surface area contributed by atoms with E-state index in [4.69, 9.17) is 14.2 Å². The van der Waals surface area contributed by atoms with Crippen molar-refractivity contribution in [3.05, 3.63) is 71.1 Å². The number of carbonyl (C=O) groups is 4. The molecule has 5 atom stereocenters. The van der Waals surface area contributed by atoms with E-state index in [9.17, 15) is 24.3 Å². The van der Waals surface area contributed by atoms with Crippen LogP contribution in [0.2, 0.25) is 0 Å². The molecule has 224 valence electrons. The normalized spacial score (nSPS) is 30.3. The van der Waals surface area contributed by atoms with Gasteiger partial charge in [0, 0.05) is 50.8 Å². The number of carbonyl (C=O) groups excluding carboxylic acids is 4. The number of nitrogens with one attached hydrogen (secondary N) is 2. The fourth-order valence-electron chi connectivity index (χ4n) is 4.75. The number of hydrogen-bond acceptors (Lipinski definition) is 9. The van der Waals surface area contributed by atoms with Crippen molar-refractivity contribution in [1.82, 2.24) is 10.6 Å². The third-order valence-corrected chi connectivity index (χ3v) is 6.99. The number of ketones is 2. The first-order chi connectivity index (χ1) is 19.4. The van der Waals surface area contributed by atoms with E-state index in [2.05, 4.69) is 17.2 Å². The molecule has 10 nitrogen and oxygen atoms in total. The molecule has 1 amide bonds. The number of Topliss-reactive ketones (excluding diaryl/α,β-unsaturated/α-hetero) is 1. The Bertz CT molecular complexity index is 1180. The lowest BCUT2D eigenvalue weighted by Crippen LogP contribution is -2.36. The van der Waals surface area contributed by atoms with E-state index in [0.717, 1.165) is 6.08 Å². The zero-order valence-electron chi connectivity index (χ0n) is 24.7. The predicted octanol–water partition coefficient (Wildman–Crippen LogP) is 2.76. The summed E-state index contributed by atoms with van der Waals surface area (Å²) in [5, 5.41) is 16.6. The number of aliphatic hydroxyl groups excluding tert-OH is 1. The fourth-order valence-corrected chi connectivity index (χ4v) is 4.75. The van der Waals surface area contributed by atoms with Gasteiger partial charge in [0.2, 0.25) is 11.6 Å². The summed E-state index contributed by atoms with van der Waals surface area (Å²) in [5.41, 5.74) is 1.23. The number of ether oxygens (including phenoxy) is 3. The van der Waals surface area contributed by atoms with Crippen molar-refractivity contribution >= 4 is 23.4 Å². The summed E-state index contributed by atoms with van der Waals surface area (Å²) < 4.78 is 16.8. The van der Waals surface area contributed by atoms with Gasteiger partial charge < -0.3 is 30.0 Å². The molecule has 2 bridgehead atoms. The number of fused-ring (bicyclic) bond motifs is 2. The van der Waals surface area contributed by atoms with Crippen LogP contribution in [-0.4, -0.2) is 73.7 Å². The summed E-state index contributed by atoms with van der Waals surface area (Å²) in [4.78, 5) is 51.2. The largest absolute Gasteiger partial charge is 0.455 e. The quantitative estimate of drug-likeness (QED) is 0.250. The van der Waals surface area contributed by atoms with Crippen LogP contribution in [0.1, 0.15) is 47.0 Å². The summed E-state index contributed by atoms with van der Waals surface area (Å²) in [5.74, 6) is -2.33. The molecule has 0 aromatic carbocycles. The average Bonchev–Trinajstić information content (AvgIpc) is 2.93. The minimum absolute atomic E-state index is 0.115. The molecule has 3 N–H and O–H groups in total. The number of amides is 1. The Morgan fingerprint density at radius 2 is 1.93 bits per heavy atom. The molecule has 1 heterocycles. The Labute approximate surface area is 241 Å². The average molecular weight is 571 g/mol. The molecule has 41 heavy (non-hydrogen) atoms. The van der Waals surface area contributed by atoms with Crippen molar-refractivity contribution in [3.63, 3.8) is 0 Å². The summed E-state index contributed by atoms with van der Waals surface area (Å²) in [7, 11) is 2.97. The smallest absolute Gasteiger partial charge is 0.303 e. The summed E-state index contributed by atoms with van der Waals surface area (Å²) in [6, 6.07) is 0. The maximum absolute atomic E-state index is 13.4. The number of allylic oxidation sites excluding steroid dienone is 4. The van der Waals surface area contributed by atoms with Crippen LogP contribution in [0.5, 0.6) is 0 Å². The highest BCUT2D eigenvalue weighted by atomic mass is 16.6. The van der Waals surface area contributed by atoms with Gasteiger partial charge in [-0.1, -0.05) is 37.3 Å². The van der Waals surface area contributed by atoms with E-state index in [1.54, 1.807) is 32.1 Å². The molecule has 0 fully saturated rings. The maximum atomic E-state index is 13.4. The van der Waals surface area contributed by atoms with Crippen molar-refractivity contribution in [3.8, 4) is 0 Å². The zero-order chi connectivity index (χ0) is 30.7. The maximum Gasteiger partial charge on any atom is 0.303 e. The van der Waals surface area contributed by atoms with Crippen LogP contribution in [0.4, 0.5) is 0 Å². The lowest BCUT2D eigenvalue weighted by molar-refractivity contribution is -0.149. The van der Waals surface area contributed by atoms with Gasteiger partial charge in [-0.15, -0.1) is 6.58 Å². The van der Waals surface area contributed by atoms with Gasteiger partial charge in [-0.25, -0.2) is 0 Å². The van der Waals surface area contributed by atoms with E-state index in [1.165, 1.54) is 27.2 Å². The molecule has 0 aromatic rings. The molecular weight excluding hydrogens is 528 g/mol. The minimum Gasteiger partial charge on any atom is -0.455 e. The van der Waals surface area contributed by atoms with Gasteiger partial charge >= 0.3 is 5.97 Å². The number of hydrogen-bond donors (Lipinski definition) is 3. The summed E-state index contributed by atoms with van der Waals surface area (Å²) in [6.45, 7) is 10.4. The van der Waals surface area contributed by atoms with Gasteiger partial charge in [0.1, 0.15) is 6.10 Å². The Morgan fingerprint density at radius 1 is 1.22 bits per heavy atom. The molecule has 1 aliphatic heterocycles. The fraction of sp³-hybridized carbons (Fsp3) is 0.484. The Hall–Kier alpha value is -3.60. The second-order valence-corrected chi connectivity index (χ2v) is 10.1. The molecule has 10 heteroatoms. The monoisotopic (exact) mass is 570 g/mol.